The molecule has 1 aromatic rings. The Morgan fingerprint density at radius 2 is 2.36 bits per heavy atom. The summed E-state index contributed by atoms with van der Waals surface area (Å²) < 4.78 is 1.86. The Hall–Kier alpha value is -1.49. The molecule has 0 spiro atoms. The summed E-state index contributed by atoms with van der Waals surface area (Å²) >= 11 is 0. The van der Waals surface area contributed by atoms with Crippen LogP contribution in [0.4, 0.5) is 0 Å². The fraction of sp³-hybridized carbons (Fsp3) is 0.222. The summed E-state index contributed by atoms with van der Waals surface area (Å²) in [7, 11) is 1.88. The van der Waals surface area contributed by atoms with E-state index < -0.39 is 0 Å². The maximum atomic E-state index is 8.65. The SMILES string of the molecule is C=Cc1cc(C#N)n(C)c1C. The standard InChI is InChI=1S/C9H10N2/c1-4-8-5-9(6-10)11(3)7(8)2/h4-5H,1H2,2-3H3. The van der Waals surface area contributed by atoms with Crippen LogP contribution in [0.3, 0.4) is 0 Å². The lowest BCUT2D eigenvalue weighted by Gasteiger charge is -1.96. The molecule has 0 saturated carbocycles. The quantitative estimate of drug-likeness (QED) is 0.594. The van der Waals surface area contributed by atoms with Gasteiger partial charge in [-0.05, 0) is 18.6 Å². The van der Waals surface area contributed by atoms with Crippen LogP contribution < -0.4 is 0 Å². The molecule has 0 amide bonds. The van der Waals surface area contributed by atoms with E-state index in [1.54, 1.807) is 6.08 Å². The number of aromatic nitrogens is 1. The minimum Gasteiger partial charge on any atom is -0.339 e. The van der Waals surface area contributed by atoms with Crippen LogP contribution in [0.15, 0.2) is 12.6 Å². The molecule has 0 saturated heterocycles. The van der Waals surface area contributed by atoms with E-state index in [0.29, 0.717) is 5.69 Å². The molecule has 0 atom stereocenters. The van der Waals surface area contributed by atoms with Gasteiger partial charge < -0.3 is 4.57 Å². The normalized spacial score (nSPS) is 9.18. The van der Waals surface area contributed by atoms with Gasteiger partial charge in [-0.3, -0.25) is 0 Å². The van der Waals surface area contributed by atoms with Crippen molar-refractivity contribution in [3.8, 4) is 6.07 Å². The summed E-state index contributed by atoms with van der Waals surface area (Å²) in [5, 5.41) is 8.65. The fourth-order valence-corrected chi connectivity index (χ4v) is 1.04. The summed E-state index contributed by atoms with van der Waals surface area (Å²) in [5.41, 5.74) is 2.79. The second-order valence-corrected chi connectivity index (χ2v) is 2.45. The molecule has 0 aromatic carbocycles. The van der Waals surface area contributed by atoms with Crippen LogP contribution in [0.5, 0.6) is 0 Å². The van der Waals surface area contributed by atoms with Crippen molar-refractivity contribution in [3.05, 3.63) is 29.6 Å². The van der Waals surface area contributed by atoms with E-state index in [-0.39, 0.29) is 0 Å². The van der Waals surface area contributed by atoms with Gasteiger partial charge in [0.25, 0.3) is 0 Å². The zero-order chi connectivity index (χ0) is 8.43. The molecule has 2 heteroatoms. The smallest absolute Gasteiger partial charge is 0.120 e. The van der Waals surface area contributed by atoms with E-state index in [0.717, 1.165) is 11.3 Å². The molecule has 0 aliphatic heterocycles. The number of rotatable bonds is 1. The van der Waals surface area contributed by atoms with Gasteiger partial charge in [0.05, 0.1) is 0 Å². The first-order valence-electron chi connectivity index (χ1n) is 3.39. The molecule has 0 unspecified atom stereocenters. The second kappa shape index (κ2) is 2.63. The lowest BCUT2D eigenvalue weighted by atomic mass is 10.2. The number of hydrogen-bond donors (Lipinski definition) is 0. The first-order chi connectivity index (χ1) is 5.20. The van der Waals surface area contributed by atoms with Crippen LogP contribution in [0.2, 0.25) is 0 Å². The van der Waals surface area contributed by atoms with Crippen LogP contribution in [0.25, 0.3) is 6.08 Å². The summed E-state index contributed by atoms with van der Waals surface area (Å²) in [6.07, 6.45) is 1.76. The van der Waals surface area contributed by atoms with Crippen molar-refractivity contribution in [2.24, 2.45) is 7.05 Å². The third-order valence-corrected chi connectivity index (χ3v) is 1.91. The summed E-state index contributed by atoms with van der Waals surface area (Å²) in [6.45, 7) is 5.63. The summed E-state index contributed by atoms with van der Waals surface area (Å²) in [4.78, 5) is 0. The predicted octanol–water partition coefficient (Wildman–Crippen LogP) is 1.85. The Balaban J connectivity index is 3.37. The topological polar surface area (TPSA) is 28.7 Å². The highest BCUT2D eigenvalue weighted by atomic mass is 14.9. The molecule has 1 rings (SSSR count). The number of nitriles is 1. The lowest BCUT2D eigenvalue weighted by Crippen LogP contribution is -1.93. The van der Waals surface area contributed by atoms with E-state index >= 15 is 0 Å². The summed E-state index contributed by atoms with van der Waals surface area (Å²) in [5.74, 6) is 0. The molecule has 0 N–H and O–H groups in total. The van der Waals surface area contributed by atoms with E-state index in [1.807, 2.05) is 24.6 Å². The highest BCUT2D eigenvalue weighted by Crippen LogP contribution is 2.13. The first-order valence-corrected chi connectivity index (χ1v) is 3.39. The van der Waals surface area contributed by atoms with E-state index in [9.17, 15) is 0 Å². The Morgan fingerprint density at radius 3 is 2.64 bits per heavy atom. The van der Waals surface area contributed by atoms with Crippen molar-refractivity contribution in [1.82, 2.24) is 4.57 Å². The Kier molecular flexibility index (Phi) is 1.82. The van der Waals surface area contributed by atoms with Gasteiger partial charge in [-0.1, -0.05) is 12.7 Å². The molecule has 2 nitrogen and oxygen atoms in total. The Bertz CT molecular complexity index is 326. The maximum Gasteiger partial charge on any atom is 0.120 e. The van der Waals surface area contributed by atoms with Crippen molar-refractivity contribution in [1.29, 1.82) is 5.26 Å². The fourth-order valence-electron chi connectivity index (χ4n) is 1.04. The van der Waals surface area contributed by atoms with Gasteiger partial charge in [-0.25, -0.2) is 0 Å². The molecule has 1 aromatic heterocycles. The first kappa shape index (κ1) is 7.62. The molecular weight excluding hydrogens is 136 g/mol. The lowest BCUT2D eigenvalue weighted by molar-refractivity contribution is 0.865. The zero-order valence-corrected chi connectivity index (χ0v) is 6.76. The monoisotopic (exact) mass is 146 g/mol. The Morgan fingerprint density at radius 1 is 1.73 bits per heavy atom. The average molecular weight is 146 g/mol. The number of hydrogen-bond acceptors (Lipinski definition) is 1. The number of nitrogens with zero attached hydrogens (tertiary/aromatic N) is 2. The minimum absolute atomic E-state index is 0.678. The van der Waals surface area contributed by atoms with E-state index in [2.05, 4.69) is 12.6 Å². The van der Waals surface area contributed by atoms with Crippen LogP contribution in [0.1, 0.15) is 17.0 Å². The van der Waals surface area contributed by atoms with Crippen molar-refractivity contribution in [3.63, 3.8) is 0 Å². The molecule has 0 aliphatic carbocycles. The van der Waals surface area contributed by atoms with Gasteiger partial charge in [0.15, 0.2) is 0 Å². The molecular formula is C9H10N2. The molecule has 0 aliphatic rings. The van der Waals surface area contributed by atoms with E-state index in [1.165, 1.54) is 0 Å². The van der Waals surface area contributed by atoms with Crippen molar-refractivity contribution < 1.29 is 0 Å². The van der Waals surface area contributed by atoms with Crippen LogP contribution in [-0.4, -0.2) is 4.57 Å². The molecule has 0 radical (unpaired) electrons. The van der Waals surface area contributed by atoms with Crippen LogP contribution in [0, 0.1) is 18.3 Å². The third kappa shape index (κ3) is 1.05. The van der Waals surface area contributed by atoms with Crippen molar-refractivity contribution >= 4 is 6.08 Å². The van der Waals surface area contributed by atoms with Gasteiger partial charge in [0.1, 0.15) is 11.8 Å². The van der Waals surface area contributed by atoms with Gasteiger partial charge in [0, 0.05) is 12.7 Å². The summed E-state index contributed by atoms with van der Waals surface area (Å²) in [6, 6.07) is 3.94. The molecule has 1 heterocycles. The predicted molar refractivity (Wildman–Crippen MR) is 45.0 cm³/mol. The molecule has 0 bridgehead atoms. The second-order valence-electron chi connectivity index (χ2n) is 2.45. The molecule has 0 fully saturated rings. The van der Waals surface area contributed by atoms with Crippen molar-refractivity contribution in [2.75, 3.05) is 0 Å². The highest BCUT2D eigenvalue weighted by molar-refractivity contribution is 5.53. The highest BCUT2D eigenvalue weighted by Gasteiger charge is 2.04. The van der Waals surface area contributed by atoms with Crippen LogP contribution in [-0.2, 0) is 7.05 Å². The average Bonchev–Trinajstić information content (AvgIpc) is 2.30. The van der Waals surface area contributed by atoms with Gasteiger partial charge in [-0.15, -0.1) is 0 Å². The van der Waals surface area contributed by atoms with E-state index in [4.69, 9.17) is 5.26 Å². The van der Waals surface area contributed by atoms with Crippen LogP contribution >= 0.6 is 0 Å². The molecule has 56 valence electrons. The van der Waals surface area contributed by atoms with Gasteiger partial charge in [0.2, 0.25) is 0 Å². The zero-order valence-electron chi connectivity index (χ0n) is 6.76. The van der Waals surface area contributed by atoms with Crippen molar-refractivity contribution in [2.45, 2.75) is 6.92 Å². The maximum absolute atomic E-state index is 8.65. The third-order valence-electron chi connectivity index (χ3n) is 1.91. The van der Waals surface area contributed by atoms with Gasteiger partial charge >= 0.3 is 0 Å². The Labute approximate surface area is 66.4 Å². The minimum atomic E-state index is 0.678. The molecule has 11 heavy (non-hydrogen) atoms. The largest absolute Gasteiger partial charge is 0.339 e. The van der Waals surface area contributed by atoms with Gasteiger partial charge in [-0.2, -0.15) is 5.26 Å².